The third-order valence-corrected chi connectivity index (χ3v) is 5.29. The van der Waals surface area contributed by atoms with E-state index < -0.39 is 0 Å². The number of nitrogens with zero attached hydrogens (tertiary/aromatic N) is 3. The summed E-state index contributed by atoms with van der Waals surface area (Å²) in [5, 5.41) is 8.10. The number of methoxy groups -OCH3 is 1. The SMILES string of the molecule is COc1ccc2nccc(Oc3ccc(CC(=O)Nc4cnn(C(C)(C)C)c4)cc3C)c2c1. The Kier molecular flexibility index (Phi) is 6.05. The van der Waals surface area contributed by atoms with Crippen molar-refractivity contribution >= 4 is 22.5 Å². The summed E-state index contributed by atoms with van der Waals surface area (Å²) in [6.07, 6.45) is 5.49. The van der Waals surface area contributed by atoms with Gasteiger partial charge in [0.05, 0.1) is 36.5 Å². The third-order valence-electron chi connectivity index (χ3n) is 5.29. The molecule has 0 aliphatic carbocycles. The summed E-state index contributed by atoms with van der Waals surface area (Å²) in [4.78, 5) is 16.9. The summed E-state index contributed by atoms with van der Waals surface area (Å²) in [6, 6.07) is 13.3. The second-order valence-electron chi connectivity index (χ2n) is 8.96. The fraction of sp³-hybridized carbons (Fsp3) is 0.269. The zero-order valence-corrected chi connectivity index (χ0v) is 19.5. The molecule has 0 radical (unpaired) electrons. The molecule has 0 spiro atoms. The van der Waals surface area contributed by atoms with Crippen molar-refractivity contribution in [2.75, 3.05) is 12.4 Å². The Morgan fingerprint density at radius 1 is 1.09 bits per heavy atom. The number of hydrogen-bond acceptors (Lipinski definition) is 5. The van der Waals surface area contributed by atoms with Crippen molar-refractivity contribution in [2.45, 2.75) is 39.7 Å². The van der Waals surface area contributed by atoms with Crippen LogP contribution in [0.15, 0.2) is 61.1 Å². The molecule has 1 amide bonds. The van der Waals surface area contributed by atoms with Crippen molar-refractivity contribution in [3.05, 3.63) is 72.2 Å². The number of fused-ring (bicyclic) bond motifs is 1. The first-order valence-electron chi connectivity index (χ1n) is 10.8. The zero-order valence-electron chi connectivity index (χ0n) is 19.5. The van der Waals surface area contributed by atoms with Crippen LogP contribution < -0.4 is 14.8 Å². The van der Waals surface area contributed by atoms with Crippen LogP contribution in [-0.4, -0.2) is 27.8 Å². The Morgan fingerprint density at radius 2 is 1.91 bits per heavy atom. The van der Waals surface area contributed by atoms with Crippen LogP contribution in [0.5, 0.6) is 17.2 Å². The van der Waals surface area contributed by atoms with Crippen LogP contribution in [-0.2, 0) is 16.8 Å². The number of pyridine rings is 1. The molecule has 170 valence electrons. The van der Waals surface area contributed by atoms with Gasteiger partial charge in [-0.1, -0.05) is 12.1 Å². The number of aryl methyl sites for hydroxylation is 1. The maximum absolute atomic E-state index is 12.5. The minimum Gasteiger partial charge on any atom is -0.497 e. The number of hydrogen-bond donors (Lipinski definition) is 1. The highest BCUT2D eigenvalue weighted by Gasteiger charge is 2.15. The predicted molar refractivity (Wildman–Crippen MR) is 129 cm³/mol. The van der Waals surface area contributed by atoms with Gasteiger partial charge in [-0.2, -0.15) is 5.10 Å². The van der Waals surface area contributed by atoms with E-state index in [-0.39, 0.29) is 17.9 Å². The molecule has 2 aromatic carbocycles. The number of aromatic nitrogens is 3. The molecule has 1 N–H and O–H groups in total. The largest absolute Gasteiger partial charge is 0.497 e. The number of rotatable bonds is 6. The molecule has 0 atom stereocenters. The Balaban J connectivity index is 1.47. The number of benzene rings is 2. The maximum atomic E-state index is 12.5. The molecular weight excluding hydrogens is 416 g/mol. The highest BCUT2D eigenvalue weighted by Crippen LogP contribution is 2.33. The van der Waals surface area contributed by atoms with E-state index in [1.165, 1.54) is 0 Å². The minimum absolute atomic E-state index is 0.0937. The molecule has 0 unspecified atom stereocenters. The summed E-state index contributed by atoms with van der Waals surface area (Å²) in [5.74, 6) is 2.07. The molecule has 0 fully saturated rings. The third kappa shape index (κ3) is 5.14. The number of nitrogens with one attached hydrogen (secondary N) is 1. The highest BCUT2D eigenvalue weighted by molar-refractivity contribution is 5.92. The van der Waals surface area contributed by atoms with Crippen LogP contribution in [0.1, 0.15) is 31.9 Å². The first kappa shape index (κ1) is 22.3. The number of carbonyl (C=O) groups is 1. The van der Waals surface area contributed by atoms with Crippen molar-refractivity contribution in [3.8, 4) is 17.2 Å². The summed E-state index contributed by atoms with van der Waals surface area (Å²) < 4.78 is 13.4. The van der Waals surface area contributed by atoms with Gasteiger partial charge >= 0.3 is 0 Å². The zero-order chi connectivity index (χ0) is 23.6. The molecule has 33 heavy (non-hydrogen) atoms. The van der Waals surface area contributed by atoms with Gasteiger partial charge in [0, 0.05) is 17.8 Å². The van der Waals surface area contributed by atoms with E-state index in [1.54, 1.807) is 19.5 Å². The van der Waals surface area contributed by atoms with Crippen LogP contribution in [0, 0.1) is 6.92 Å². The lowest BCUT2D eigenvalue weighted by atomic mass is 10.1. The van der Waals surface area contributed by atoms with Crippen molar-refractivity contribution in [2.24, 2.45) is 0 Å². The molecular formula is C26H28N4O3. The average molecular weight is 445 g/mol. The van der Waals surface area contributed by atoms with Gasteiger partial charge in [0.25, 0.3) is 0 Å². The lowest BCUT2D eigenvalue weighted by molar-refractivity contribution is -0.115. The van der Waals surface area contributed by atoms with Crippen LogP contribution in [0.2, 0.25) is 0 Å². The summed E-state index contributed by atoms with van der Waals surface area (Å²) in [5.41, 5.74) is 3.22. The molecule has 0 bridgehead atoms. The molecule has 2 heterocycles. The lowest BCUT2D eigenvalue weighted by Gasteiger charge is -2.18. The topological polar surface area (TPSA) is 78.3 Å². The minimum atomic E-state index is -0.138. The lowest BCUT2D eigenvalue weighted by Crippen LogP contribution is -2.22. The standard InChI is InChI=1S/C26H28N4O3/c1-17-12-18(13-25(31)29-19-15-28-30(16-19)26(2,3)4)6-9-23(17)33-24-10-11-27-22-8-7-20(32-5)14-21(22)24/h6-12,14-16H,13H2,1-5H3,(H,29,31). The van der Waals surface area contributed by atoms with Crippen molar-refractivity contribution in [1.29, 1.82) is 0 Å². The Labute approximate surface area is 193 Å². The smallest absolute Gasteiger partial charge is 0.228 e. The number of carbonyl (C=O) groups excluding carboxylic acids is 1. The summed E-state index contributed by atoms with van der Waals surface area (Å²) >= 11 is 0. The van der Waals surface area contributed by atoms with E-state index >= 15 is 0 Å². The van der Waals surface area contributed by atoms with E-state index in [4.69, 9.17) is 9.47 Å². The Hall–Kier alpha value is -3.87. The fourth-order valence-corrected chi connectivity index (χ4v) is 3.52. The van der Waals surface area contributed by atoms with Gasteiger partial charge in [-0.05, 0) is 69.2 Å². The van der Waals surface area contributed by atoms with Crippen LogP contribution in [0.25, 0.3) is 10.9 Å². The van der Waals surface area contributed by atoms with Crippen molar-refractivity contribution in [1.82, 2.24) is 14.8 Å². The fourth-order valence-electron chi connectivity index (χ4n) is 3.52. The average Bonchev–Trinajstić information content (AvgIpc) is 3.24. The summed E-state index contributed by atoms with van der Waals surface area (Å²) in [7, 11) is 1.63. The second-order valence-corrected chi connectivity index (χ2v) is 8.96. The van der Waals surface area contributed by atoms with Gasteiger partial charge in [-0.25, -0.2) is 0 Å². The maximum Gasteiger partial charge on any atom is 0.228 e. The first-order valence-corrected chi connectivity index (χ1v) is 10.8. The van der Waals surface area contributed by atoms with Crippen LogP contribution in [0.3, 0.4) is 0 Å². The van der Waals surface area contributed by atoms with Crippen LogP contribution >= 0.6 is 0 Å². The van der Waals surface area contributed by atoms with Crippen molar-refractivity contribution < 1.29 is 14.3 Å². The quantitative estimate of drug-likeness (QED) is 0.426. The van der Waals surface area contributed by atoms with Gasteiger partial charge in [0.15, 0.2) is 0 Å². The van der Waals surface area contributed by atoms with Gasteiger partial charge < -0.3 is 14.8 Å². The monoisotopic (exact) mass is 444 g/mol. The van der Waals surface area contributed by atoms with Gasteiger partial charge in [0.2, 0.25) is 5.91 Å². The molecule has 0 aliphatic rings. The van der Waals surface area contributed by atoms with E-state index in [0.717, 1.165) is 33.5 Å². The van der Waals surface area contributed by atoms with E-state index in [2.05, 4.69) is 36.2 Å². The van der Waals surface area contributed by atoms with Crippen LogP contribution in [0.4, 0.5) is 5.69 Å². The van der Waals surface area contributed by atoms with E-state index in [9.17, 15) is 4.79 Å². The normalized spacial score (nSPS) is 11.4. The number of anilines is 1. The van der Waals surface area contributed by atoms with Gasteiger partial charge in [-0.15, -0.1) is 0 Å². The molecule has 7 nitrogen and oxygen atoms in total. The second kappa shape index (κ2) is 8.94. The Bertz CT molecular complexity index is 1300. The van der Waals surface area contributed by atoms with Crippen molar-refractivity contribution in [3.63, 3.8) is 0 Å². The summed E-state index contributed by atoms with van der Waals surface area (Å²) in [6.45, 7) is 8.14. The predicted octanol–water partition coefficient (Wildman–Crippen LogP) is 5.48. The molecule has 7 heteroatoms. The Morgan fingerprint density at radius 3 is 2.61 bits per heavy atom. The molecule has 4 aromatic rings. The first-order chi connectivity index (χ1) is 15.7. The van der Waals surface area contributed by atoms with E-state index in [1.807, 2.05) is 60.3 Å². The van der Waals surface area contributed by atoms with Gasteiger partial charge in [-0.3, -0.25) is 14.5 Å². The number of amides is 1. The van der Waals surface area contributed by atoms with E-state index in [0.29, 0.717) is 11.4 Å². The molecule has 4 rings (SSSR count). The van der Waals surface area contributed by atoms with Gasteiger partial charge in [0.1, 0.15) is 17.2 Å². The highest BCUT2D eigenvalue weighted by atomic mass is 16.5. The molecule has 0 saturated carbocycles. The molecule has 2 aromatic heterocycles. The number of ether oxygens (including phenoxy) is 2. The molecule has 0 saturated heterocycles. The molecule has 0 aliphatic heterocycles.